The van der Waals surface area contributed by atoms with Crippen molar-refractivity contribution in [2.75, 3.05) is 6.61 Å². The summed E-state index contributed by atoms with van der Waals surface area (Å²) < 4.78 is 8.19. The van der Waals surface area contributed by atoms with E-state index in [-0.39, 0.29) is 5.91 Å². The zero-order valence-corrected chi connectivity index (χ0v) is 18.5. The summed E-state index contributed by atoms with van der Waals surface area (Å²) in [6, 6.07) is 25.7. The summed E-state index contributed by atoms with van der Waals surface area (Å²) in [5.41, 5.74) is 4.01. The molecule has 0 saturated carbocycles. The number of rotatable bonds is 10. The number of ether oxygens (including phenoxy) is 1. The number of hydrogen-bond acceptors (Lipinski definition) is 3. The number of hydrogen-bond donors (Lipinski definition) is 1. The molecule has 4 aromatic rings. The van der Waals surface area contributed by atoms with Gasteiger partial charge in [-0.1, -0.05) is 66.7 Å². The van der Waals surface area contributed by atoms with Crippen LogP contribution >= 0.6 is 0 Å². The van der Waals surface area contributed by atoms with Crippen LogP contribution in [0.3, 0.4) is 0 Å². The lowest BCUT2D eigenvalue weighted by molar-refractivity contribution is -0.116. The van der Waals surface area contributed by atoms with Crippen molar-refractivity contribution in [3.63, 3.8) is 0 Å². The lowest BCUT2D eigenvalue weighted by Gasteiger charge is -2.13. The first-order valence-electron chi connectivity index (χ1n) is 11.0. The standard InChI is InChI=1S/C28H27N3O2/c1-2-10-23-13-6-9-16-26(23)33-20-19-31-25-15-8-7-14-24(25)30-27(31)21-29-28(32)18-17-22-11-4-3-5-12-22/h2-9,11-18H,1,10,19-21H2,(H,29,32)/b18-17-. The van der Waals surface area contributed by atoms with Crippen molar-refractivity contribution < 1.29 is 9.53 Å². The van der Waals surface area contributed by atoms with Gasteiger partial charge in [-0.05, 0) is 41.8 Å². The van der Waals surface area contributed by atoms with E-state index < -0.39 is 0 Å². The van der Waals surface area contributed by atoms with Gasteiger partial charge in [-0.25, -0.2) is 4.98 Å². The molecule has 4 rings (SSSR count). The predicted molar refractivity (Wildman–Crippen MR) is 133 cm³/mol. The number of carbonyl (C=O) groups is 1. The molecule has 1 N–H and O–H groups in total. The van der Waals surface area contributed by atoms with E-state index in [1.165, 1.54) is 0 Å². The average molecular weight is 438 g/mol. The van der Waals surface area contributed by atoms with Gasteiger partial charge in [0.1, 0.15) is 18.2 Å². The van der Waals surface area contributed by atoms with Crippen LogP contribution in [-0.2, 0) is 24.3 Å². The van der Waals surface area contributed by atoms with Crippen LogP contribution in [0.25, 0.3) is 17.1 Å². The molecule has 1 aromatic heterocycles. The van der Waals surface area contributed by atoms with Crippen LogP contribution < -0.4 is 10.1 Å². The van der Waals surface area contributed by atoms with E-state index in [1.807, 2.05) is 84.9 Å². The number of allylic oxidation sites excluding steroid dienone is 1. The fraction of sp³-hybridized carbons (Fsp3) is 0.143. The molecule has 1 heterocycles. The largest absolute Gasteiger partial charge is 0.491 e. The van der Waals surface area contributed by atoms with Crippen molar-refractivity contribution >= 4 is 23.0 Å². The topological polar surface area (TPSA) is 56.1 Å². The second-order valence-electron chi connectivity index (χ2n) is 7.58. The third-order valence-electron chi connectivity index (χ3n) is 5.29. The summed E-state index contributed by atoms with van der Waals surface area (Å²) >= 11 is 0. The van der Waals surface area contributed by atoms with Crippen molar-refractivity contribution in [2.45, 2.75) is 19.5 Å². The SMILES string of the molecule is C=CCc1ccccc1OCCn1c(CNC(=O)/C=C\c2ccccc2)nc2ccccc21. The maximum Gasteiger partial charge on any atom is 0.244 e. The fourth-order valence-electron chi connectivity index (χ4n) is 3.69. The molecule has 0 unspecified atom stereocenters. The minimum absolute atomic E-state index is 0.160. The Kier molecular flexibility index (Phi) is 7.33. The number of benzene rings is 3. The first kappa shape index (κ1) is 22.1. The van der Waals surface area contributed by atoms with Crippen molar-refractivity contribution in [3.8, 4) is 5.75 Å². The van der Waals surface area contributed by atoms with E-state index in [4.69, 9.17) is 9.72 Å². The van der Waals surface area contributed by atoms with Gasteiger partial charge >= 0.3 is 0 Å². The maximum absolute atomic E-state index is 12.3. The number of aromatic nitrogens is 2. The van der Waals surface area contributed by atoms with Gasteiger partial charge in [-0.2, -0.15) is 0 Å². The van der Waals surface area contributed by atoms with Gasteiger partial charge in [0.05, 0.1) is 24.1 Å². The predicted octanol–water partition coefficient (Wildman–Crippen LogP) is 5.17. The Bertz CT molecular complexity index is 1260. The molecule has 0 fully saturated rings. The highest BCUT2D eigenvalue weighted by molar-refractivity contribution is 5.91. The molecule has 0 spiro atoms. The second kappa shape index (κ2) is 11.0. The van der Waals surface area contributed by atoms with Crippen LogP contribution in [-0.4, -0.2) is 22.1 Å². The molecule has 0 radical (unpaired) electrons. The molecule has 3 aromatic carbocycles. The Labute approximate surface area is 194 Å². The third-order valence-corrected chi connectivity index (χ3v) is 5.29. The van der Waals surface area contributed by atoms with Crippen LogP contribution in [0.4, 0.5) is 0 Å². The van der Waals surface area contributed by atoms with Crippen LogP contribution in [0, 0.1) is 0 Å². The summed E-state index contributed by atoms with van der Waals surface area (Å²) in [6.45, 7) is 5.26. The monoisotopic (exact) mass is 437 g/mol. The minimum Gasteiger partial charge on any atom is -0.491 e. The molecule has 0 atom stereocenters. The van der Waals surface area contributed by atoms with Crippen LogP contribution in [0.1, 0.15) is 17.0 Å². The zero-order valence-electron chi connectivity index (χ0n) is 18.5. The number of amides is 1. The van der Waals surface area contributed by atoms with Gasteiger partial charge < -0.3 is 14.6 Å². The number of imidazole rings is 1. The van der Waals surface area contributed by atoms with E-state index in [0.717, 1.165) is 40.2 Å². The molecule has 0 saturated heterocycles. The number of fused-ring (bicyclic) bond motifs is 1. The summed E-state index contributed by atoms with van der Waals surface area (Å²) in [5, 5.41) is 2.94. The molecule has 0 aliphatic rings. The Balaban J connectivity index is 1.44. The average Bonchev–Trinajstić information content (AvgIpc) is 3.21. The summed E-state index contributed by atoms with van der Waals surface area (Å²) in [7, 11) is 0. The Morgan fingerprint density at radius 2 is 1.76 bits per heavy atom. The van der Waals surface area contributed by atoms with Crippen LogP contribution in [0.5, 0.6) is 5.75 Å². The zero-order chi connectivity index (χ0) is 22.9. The molecule has 5 heteroatoms. The minimum atomic E-state index is -0.160. The lowest BCUT2D eigenvalue weighted by Crippen LogP contribution is -2.23. The maximum atomic E-state index is 12.3. The first-order valence-corrected chi connectivity index (χ1v) is 11.0. The molecule has 1 amide bonds. The van der Waals surface area contributed by atoms with Gasteiger partial charge in [0.15, 0.2) is 0 Å². The van der Waals surface area contributed by atoms with Crippen molar-refractivity contribution in [1.82, 2.24) is 14.9 Å². The van der Waals surface area contributed by atoms with Crippen molar-refractivity contribution in [1.29, 1.82) is 0 Å². The van der Waals surface area contributed by atoms with Gasteiger partial charge in [0, 0.05) is 6.08 Å². The molecule has 0 aliphatic carbocycles. The van der Waals surface area contributed by atoms with E-state index >= 15 is 0 Å². The molecule has 0 bridgehead atoms. The molecular formula is C28H27N3O2. The summed E-state index contributed by atoms with van der Waals surface area (Å²) in [5.74, 6) is 1.50. The van der Waals surface area contributed by atoms with Crippen molar-refractivity contribution in [3.05, 3.63) is 115 Å². The number of nitrogens with one attached hydrogen (secondary N) is 1. The molecule has 0 aliphatic heterocycles. The van der Waals surface area contributed by atoms with Gasteiger partial charge in [-0.3, -0.25) is 4.79 Å². The smallest absolute Gasteiger partial charge is 0.244 e. The second-order valence-corrected chi connectivity index (χ2v) is 7.58. The van der Waals surface area contributed by atoms with Gasteiger partial charge in [0.25, 0.3) is 0 Å². The Morgan fingerprint density at radius 1 is 1.00 bits per heavy atom. The highest BCUT2D eigenvalue weighted by Gasteiger charge is 2.11. The van der Waals surface area contributed by atoms with Crippen LogP contribution in [0.15, 0.2) is 97.6 Å². The third kappa shape index (κ3) is 5.77. The van der Waals surface area contributed by atoms with E-state index in [9.17, 15) is 4.79 Å². The summed E-state index contributed by atoms with van der Waals surface area (Å²) in [6.07, 6.45) is 5.98. The van der Waals surface area contributed by atoms with E-state index in [1.54, 1.807) is 12.2 Å². The lowest BCUT2D eigenvalue weighted by atomic mass is 10.1. The number of nitrogens with zero attached hydrogens (tertiary/aromatic N) is 2. The number of para-hydroxylation sites is 3. The van der Waals surface area contributed by atoms with Gasteiger partial charge in [0.2, 0.25) is 5.91 Å². The van der Waals surface area contributed by atoms with Gasteiger partial charge in [-0.15, -0.1) is 6.58 Å². The Morgan fingerprint density at radius 3 is 2.61 bits per heavy atom. The fourth-order valence-corrected chi connectivity index (χ4v) is 3.69. The highest BCUT2D eigenvalue weighted by atomic mass is 16.5. The highest BCUT2D eigenvalue weighted by Crippen LogP contribution is 2.20. The molecular weight excluding hydrogens is 410 g/mol. The molecule has 166 valence electrons. The van der Waals surface area contributed by atoms with Crippen LogP contribution in [0.2, 0.25) is 0 Å². The van der Waals surface area contributed by atoms with E-state index in [2.05, 4.69) is 16.5 Å². The molecule has 33 heavy (non-hydrogen) atoms. The number of carbonyl (C=O) groups excluding carboxylic acids is 1. The Hall–Kier alpha value is -4.12. The van der Waals surface area contributed by atoms with E-state index in [0.29, 0.717) is 19.7 Å². The quantitative estimate of drug-likeness (QED) is 0.275. The summed E-state index contributed by atoms with van der Waals surface area (Å²) in [4.78, 5) is 17.1. The molecule has 5 nitrogen and oxygen atoms in total. The normalized spacial score (nSPS) is 11.0. The van der Waals surface area contributed by atoms with Crippen molar-refractivity contribution in [2.24, 2.45) is 0 Å². The first-order chi connectivity index (χ1) is 16.2.